The molecule has 0 aromatic rings. The van der Waals surface area contributed by atoms with Gasteiger partial charge in [-0.2, -0.15) is 0 Å². The molecule has 3 saturated heterocycles. The first-order valence-electron chi connectivity index (χ1n) is 9.27. The summed E-state index contributed by atoms with van der Waals surface area (Å²) in [5.41, 5.74) is -0.147. The van der Waals surface area contributed by atoms with Crippen LogP contribution in [0.2, 0.25) is 0 Å². The van der Waals surface area contributed by atoms with Crippen LogP contribution in [0, 0.1) is 0 Å². The van der Waals surface area contributed by atoms with E-state index in [0.717, 1.165) is 19.5 Å². The SMILES string of the molecule is C[C@@H]1CN(C(C)(C)CNC(=O)[C@@H]2CS[C@@]3(C)CCC(=O)N23)C[C@@H](C)O1. The lowest BCUT2D eigenvalue weighted by Crippen LogP contribution is -2.60. The molecule has 3 aliphatic rings. The quantitative estimate of drug-likeness (QED) is 0.813. The van der Waals surface area contributed by atoms with Crippen LogP contribution < -0.4 is 5.32 Å². The molecule has 3 aliphatic heterocycles. The molecule has 0 unspecified atom stereocenters. The molecule has 2 amide bonds. The molecule has 0 radical (unpaired) electrons. The molecule has 4 atom stereocenters. The summed E-state index contributed by atoms with van der Waals surface area (Å²) in [6.45, 7) is 12.9. The number of rotatable bonds is 4. The van der Waals surface area contributed by atoms with Crippen molar-refractivity contribution in [1.29, 1.82) is 0 Å². The van der Waals surface area contributed by atoms with E-state index in [1.165, 1.54) is 0 Å². The molecule has 0 aromatic carbocycles. The van der Waals surface area contributed by atoms with Crippen LogP contribution in [0.5, 0.6) is 0 Å². The summed E-state index contributed by atoms with van der Waals surface area (Å²) >= 11 is 1.73. The maximum Gasteiger partial charge on any atom is 0.243 e. The molecule has 0 aromatic heterocycles. The Balaban J connectivity index is 1.59. The average Bonchev–Trinajstić information content (AvgIpc) is 3.01. The Labute approximate surface area is 155 Å². The van der Waals surface area contributed by atoms with E-state index in [1.807, 2.05) is 4.90 Å². The maximum absolute atomic E-state index is 12.8. The van der Waals surface area contributed by atoms with Gasteiger partial charge < -0.3 is 15.0 Å². The Morgan fingerprint density at radius 1 is 1.36 bits per heavy atom. The van der Waals surface area contributed by atoms with Crippen molar-refractivity contribution in [3.8, 4) is 0 Å². The fourth-order valence-electron chi connectivity index (χ4n) is 4.22. The first kappa shape index (κ1) is 19.0. The number of morpholine rings is 1. The molecule has 0 saturated carbocycles. The largest absolute Gasteiger partial charge is 0.373 e. The molecule has 3 heterocycles. The van der Waals surface area contributed by atoms with Crippen LogP contribution in [0.4, 0.5) is 0 Å². The lowest BCUT2D eigenvalue weighted by Gasteiger charge is -2.45. The highest BCUT2D eigenvalue weighted by atomic mass is 32.2. The van der Waals surface area contributed by atoms with E-state index in [4.69, 9.17) is 4.74 Å². The number of hydrogen-bond acceptors (Lipinski definition) is 5. The van der Waals surface area contributed by atoms with Crippen molar-refractivity contribution in [2.45, 2.75) is 76.1 Å². The van der Waals surface area contributed by atoms with E-state index in [9.17, 15) is 9.59 Å². The summed E-state index contributed by atoms with van der Waals surface area (Å²) in [4.78, 5) is 29.0. The fourth-order valence-corrected chi connectivity index (χ4v) is 5.65. The number of hydrogen-bond donors (Lipinski definition) is 1. The van der Waals surface area contributed by atoms with Crippen LogP contribution in [-0.4, -0.2) is 75.7 Å². The van der Waals surface area contributed by atoms with Crippen LogP contribution in [0.25, 0.3) is 0 Å². The number of fused-ring (bicyclic) bond motifs is 1. The van der Waals surface area contributed by atoms with Crippen LogP contribution in [0.1, 0.15) is 47.5 Å². The summed E-state index contributed by atoms with van der Waals surface area (Å²) in [5.74, 6) is 0.789. The molecule has 142 valence electrons. The molecule has 7 heteroatoms. The van der Waals surface area contributed by atoms with Crippen LogP contribution >= 0.6 is 11.8 Å². The van der Waals surface area contributed by atoms with E-state index in [1.54, 1.807) is 11.8 Å². The number of nitrogens with zero attached hydrogens (tertiary/aromatic N) is 2. The van der Waals surface area contributed by atoms with Gasteiger partial charge in [0.2, 0.25) is 11.8 Å². The predicted octanol–water partition coefficient (Wildman–Crippen LogP) is 1.44. The average molecular weight is 370 g/mol. The standard InChI is InChI=1S/C18H31N3O3S/c1-12-8-20(9-13(2)24-12)17(3,4)11-19-16(23)14-10-25-18(5)7-6-15(22)21(14)18/h12-14H,6-11H2,1-5H3,(H,19,23)/t12-,13-,14+,18+/m1/s1. The van der Waals surface area contributed by atoms with Crippen molar-refractivity contribution in [2.75, 3.05) is 25.4 Å². The van der Waals surface area contributed by atoms with Crippen molar-refractivity contribution in [3.63, 3.8) is 0 Å². The van der Waals surface area contributed by atoms with Crippen molar-refractivity contribution >= 4 is 23.6 Å². The van der Waals surface area contributed by atoms with Gasteiger partial charge >= 0.3 is 0 Å². The lowest BCUT2D eigenvalue weighted by atomic mass is 10.00. The lowest BCUT2D eigenvalue weighted by molar-refractivity contribution is -0.138. The van der Waals surface area contributed by atoms with E-state index in [2.05, 4.69) is 44.8 Å². The van der Waals surface area contributed by atoms with Crippen molar-refractivity contribution < 1.29 is 14.3 Å². The van der Waals surface area contributed by atoms with Crippen molar-refractivity contribution in [1.82, 2.24) is 15.1 Å². The fraction of sp³-hybridized carbons (Fsp3) is 0.889. The smallest absolute Gasteiger partial charge is 0.243 e. The van der Waals surface area contributed by atoms with Gasteiger partial charge in [0.1, 0.15) is 6.04 Å². The number of carbonyl (C=O) groups excluding carboxylic acids is 2. The topological polar surface area (TPSA) is 61.9 Å². The second-order valence-electron chi connectivity index (χ2n) is 8.46. The third-order valence-electron chi connectivity index (χ3n) is 5.72. The van der Waals surface area contributed by atoms with Gasteiger partial charge in [-0.15, -0.1) is 11.8 Å². The van der Waals surface area contributed by atoms with E-state index in [0.29, 0.717) is 18.7 Å². The molecule has 1 N–H and O–H groups in total. The monoisotopic (exact) mass is 369 g/mol. The molecule has 0 spiro atoms. The molecular formula is C18H31N3O3S. The predicted molar refractivity (Wildman–Crippen MR) is 99.4 cm³/mol. The molecule has 0 aliphatic carbocycles. The minimum absolute atomic E-state index is 0.0195. The molecule has 3 fully saturated rings. The second-order valence-corrected chi connectivity index (χ2v) is 9.96. The number of amides is 2. The van der Waals surface area contributed by atoms with Crippen LogP contribution in [-0.2, 0) is 14.3 Å². The maximum atomic E-state index is 12.8. The van der Waals surface area contributed by atoms with Gasteiger partial charge in [-0.3, -0.25) is 14.5 Å². The second kappa shape index (κ2) is 6.74. The Hall–Kier alpha value is -0.790. The first-order chi connectivity index (χ1) is 11.6. The van der Waals surface area contributed by atoms with Gasteiger partial charge in [0.25, 0.3) is 0 Å². The molecule has 3 rings (SSSR count). The van der Waals surface area contributed by atoms with E-state index < -0.39 is 0 Å². The molecule has 25 heavy (non-hydrogen) atoms. The molecule has 6 nitrogen and oxygen atoms in total. The number of ether oxygens (including phenoxy) is 1. The number of carbonyl (C=O) groups is 2. The van der Waals surface area contributed by atoms with Gasteiger partial charge in [0, 0.05) is 37.3 Å². The normalized spacial score (nSPS) is 36.6. The highest BCUT2D eigenvalue weighted by Crippen LogP contribution is 2.47. The van der Waals surface area contributed by atoms with Crippen molar-refractivity contribution in [3.05, 3.63) is 0 Å². The molecular weight excluding hydrogens is 338 g/mol. The highest BCUT2D eigenvalue weighted by Gasteiger charge is 2.53. The zero-order valence-electron chi connectivity index (χ0n) is 16.0. The Kier molecular flexibility index (Phi) is 5.12. The van der Waals surface area contributed by atoms with Gasteiger partial charge in [0.05, 0.1) is 17.1 Å². The zero-order chi connectivity index (χ0) is 18.4. The van der Waals surface area contributed by atoms with Gasteiger partial charge in [-0.1, -0.05) is 0 Å². The zero-order valence-corrected chi connectivity index (χ0v) is 16.8. The summed E-state index contributed by atoms with van der Waals surface area (Å²) in [7, 11) is 0. The van der Waals surface area contributed by atoms with Gasteiger partial charge in [-0.25, -0.2) is 0 Å². The summed E-state index contributed by atoms with van der Waals surface area (Å²) in [6.07, 6.45) is 1.80. The minimum atomic E-state index is -0.330. The Bertz CT molecular complexity index is 546. The van der Waals surface area contributed by atoms with E-state index >= 15 is 0 Å². The Morgan fingerprint density at radius 3 is 2.64 bits per heavy atom. The number of thioether (sulfide) groups is 1. The van der Waals surface area contributed by atoms with Crippen LogP contribution in [0.3, 0.4) is 0 Å². The number of nitrogens with one attached hydrogen (secondary N) is 1. The van der Waals surface area contributed by atoms with E-state index in [-0.39, 0.29) is 40.5 Å². The molecule has 0 bridgehead atoms. The first-order valence-corrected chi connectivity index (χ1v) is 10.3. The minimum Gasteiger partial charge on any atom is -0.373 e. The van der Waals surface area contributed by atoms with Crippen molar-refractivity contribution in [2.24, 2.45) is 0 Å². The van der Waals surface area contributed by atoms with Gasteiger partial charge in [-0.05, 0) is 41.0 Å². The third-order valence-corrected chi connectivity index (χ3v) is 7.22. The third kappa shape index (κ3) is 3.69. The summed E-state index contributed by atoms with van der Waals surface area (Å²) < 4.78 is 5.81. The van der Waals surface area contributed by atoms with Crippen LogP contribution in [0.15, 0.2) is 0 Å². The van der Waals surface area contributed by atoms with Gasteiger partial charge in [0.15, 0.2) is 0 Å². The highest BCUT2D eigenvalue weighted by molar-refractivity contribution is 8.01. The summed E-state index contributed by atoms with van der Waals surface area (Å²) in [6, 6.07) is -0.330. The Morgan fingerprint density at radius 2 is 2.00 bits per heavy atom. The summed E-state index contributed by atoms with van der Waals surface area (Å²) in [5, 5.41) is 3.11.